The van der Waals surface area contributed by atoms with Crippen LogP contribution < -0.4 is 4.74 Å². The van der Waals surface area contributed by atoms with Crippen molar-refractivity contribution in [3.05, 3.63) is 48.0 Å². The number of benzene rings is 1. The smallest absolute Gasteiger partial charge is 0.123 e. The van der Waals surface area contributed by atoms with E-state index in [2.05, 4.69) is 15.1 Å². The highest BCUT2D eigenvalue weighted by molar-refractivity contribution is 5.22. The van der Waals surface area contributed by atoms with Crippen molar-refractivity contribution >= 4 is 0 Å². The number of aromatic amines is 1. The summed E-state index contributed by atoms with van der Waals surface area (Å²) < 4.78 is 24.4. The average molecular weight is 305 g/mol. The first-order valence-corrected chi connectivity index (χ1v) is 7.33. The number of likely N-dealkylation sites (tertiary alicyclic amines) is 1. The lowest BCUT2D eigenvalue weighted by Crippen LogP contribution is -2.41. The van der Waals surface area contributed by atoms with E-state index in [4.69, 9.17) is 9.47 Å². The highest BCUT2D eigenvalue weighted by Gasteiger charge is 2.39. The largest absolute Gasteiger partial charge is 0.491 e. The Kier molecular flexibility index (Phi) is 4.40. The minimum atomic E-state index is -0.325. The van der Waals surface area contributed by atoms with Crippen molar-refractivity contribution in [3.8, 4) is 5.75 Å². The number of nitrogens with one attached hydrogen (secondary N) is 1. The highest BCUT2D eigenvalue weighted by atomic mass is 19.1. The van der Waals surface area contributed by atoms with E-state index in [-0.39, 0.29) is 11.4 Å². The molecule has 118 valence electrons. The monoisotopic (exact) mass is 305 g/mol. The van der Waals surface area contributed by atoms with Gasteiger partial charge in [-0.3, -0.25) is 10.00 Å². The molecular weight excluding hydrogens is 285 g/mol. The second-order valence-corrected chi connectivity index (χ2v) is 5.67. The molecule has 0 spiro atoms. The summed E-state index contributed by atoms with van der Waals surface area (Å²) in [6.45, 7) is 3.01. The quantitative estimate of drug-likeness (QED) is 0.889. The van der Waals surface area contributed by atoms with Crippen molar-refractivity contribution in [3.63, 3.8) is 0 Å². The third kappa shape index (κ3) is 3.45. The Bertz CT molecular complexity index is 588. The molecule has 6 heteroatoms. The van der Waals surface area contributed by atoms with E-state index in [1.165, 1.54) is 12.1 Å². The molecule has 0 saturated carbocycles. The highest BCUT2D eigenvalue weighted by Crippen LogP contribution is 2.27. The molecule has 22 heavy (non-hydrogen) atoms. The topological polar surface area (TPSA) is 50.4 Å². The van der Waals surface area contributed by atoms with Crippen molar-refractivity contribution in [2.75, 3.05) is 26.8 Å². The van der Waals surface area contributed by atoms with Crippen molar-refractivity contribution < 1.29 is 13.9 Å². The molecule has 1 aliphatic rings. The second kappa shape index (κ2) is 6.46. The zero-order chi connectivity index (χ0) is 15.4. The third-order valence-corrected chi connectivity index (χ3v) is 4.10. The Morgan fingerprint density at radius 3 is 2.82 bits per heavy atom. The molecular formula is C16H20FN3O2. The zero-order valence-electron chi connectivity index (χ0n) is 12.6. The summed E-state index contributed by atoms with van der Waals surface area (Å²) in [6, 6.07) is 8.04. The van der Waals surface area contributed by atoms with Gasteiger partial charge in [0.1, 0.15) is 23.8 Å². The van der Waals surface area contributed by atoms with Crippen LogP contribution >= 0.6 is 0 Å². The lowest BCUT2D eigenvalue weighted by Gasteiger charge is -2.28. The number of methoxy groups -OCH3 is 1. The Morgan fingerprint density at radius 2 is 2.14 bits per heavy atom. The molecule has 0 unspecified atom stereocenters. The van der Waals surface area contributed by atoms with Gasteiger partial charge in [0.2, 0.25) is 0 Å². The van der Waals surface area contributed by atoms with Gasteiger partial charge in [-0.05, 0) is 36.8 Å². The number of nitrogens with zero attached hydrogens (tertiary/aromatic N) is 2. The van der Waals surface area contributed by atoms with Gasteiger partial charge in [0.05, 0.1) is 0 Å². The van der Waals surface area contributed by atoms with Gasteiger partial charge in [-0.15, -0.1) is 0 Å². The first-order chi connectivity index (χ1) is 10.7. The molecule has 1 aliphatic heterocycles. The number of aromatic nitrogens is 2. The number of ether oxygens (including phenoxy) is 2. The predicted octanol–water partition coefficient (Wildman–Crippen LogP) is 2.22. The standard InChI is InChI=1S/C16H20FN3O2/c1-21-16(12-22-15-4-2-13(17)3-5-15)7-9-20(11-16)10-14-6-8-18-19-14/h2-6,8H,7,9-12H2,1H3,(H,18,19)/t16-/m0/s1. The lowest BCUT2D eigenvalue weighted by atomic mass is 10.0. The molecule has 0 radical (unpaired) electrons. The van der Waals surface area contributed by atoms with Gasteiger partial charge in [0, 0.05) is 38.6 Å². The summed E-state index contributed by atoms with van der Waals surface area (Å²) in [5.74, 6) is 0.394. The van der Waals surface area contributed by atoms with E-state index in [9.17, 15) is 4.39 Å². The molecule has 3 rings (SSSR count). The summed E-state index contributed by atoms with van der Waals surface area (Å²) in [6.07, 6.45) is 2.66. The first-order valence-electron chi connectivity index (χ1n) is 7.33. The zero-order valence-corrected chi connectivity index (χ0v) is 12.6. The van der Waals surface area contributed by atoms with Crippen LogP contribution in [-0.4, -0.2) is 47.5 Å². The predicted molar refractivity (Wildman–Crippen MR) is 80.1 cm³/mol. The maximum Gasteiger partial charge on any atom is 0.123 e. The van der Waals surface area contributed by atoms with Crippen LogP contribution in [-0.2, 0) is 11.3 Å². The van der Waals surface area contributed by atoms with E-state index in [1.807, 2.05) is 6.07 Å². The Hall–Kier alpha value is -1.92. The van der Waals surface area contributed by atoms with Crippen molar-refractivity contribution in [1.82, 2.24) is 15.1 Å². The average Bonchev–Trinajstić information content (AvgIpc) is 3.18. The van der Waals surface area contributed by atoms with Crippen LogP contribution in [0.5, 0.6) is 5.75 Å². The lowest BCUT2D eigenvalue weighted by molar-refractivity contribution is -0.0360. The molecule has 1 saturated heterocycles. The fourth-order valence-electron chi connectivity index (χ4n) is 2.77. The molecule has 2 aromatic rings. The summed E-state index contributed by atoms with van der Waals surface area (Å²) in [5, 5.41) is 6.94. The number of rotatable bonds is 6. The van der Waals surface area contributed by atoms with Crippen molar-refractivity contribution in [2.24, 2.45) is 0 Å². The Balaban J connectivity index is 1.57. The maximum absolute atomic E-state index is 12.9. The fourth-order valence-corrected chi connectivity index (χ4v) is 2.77. The van der Waals surface area contributed by atoms with Gasteiger partial charge in [0.25, 0.3) is 0 Å². The summed E-state index contributed by atoms with van der Waals surface area (Å²) >= 11 is 0. The van der Waals surface area contributed by atoms with E-state index in [0.29, 0.717) is 12.4 Å². The van der Waals surface area contributed by atoms with Crippen LogP contribution in [0.15, 0.2) is 36.5 Å². The van der Waals surface area contributed by atoms with E-state index in [1.54, 1.807) is 25.4 Å². The Labute approximate surface area is 129 Å². The van der Waals surface area contributed by atoms with Gasteiger partial charge in [-0.25, -0.2) is 4.39 Å². The number of H-pyrrole nitrogens is 1. The minimum Gasteiger partial charge on any atom is -0.491 e. The maximum atomic E-state index is 12.9. The molecule has 1 atom stereocenters. The van der Waals surface area contributed by atoms with Crippen LogP contribution in [0.25, 0.3) is 0 Å². The Morgan fingerprint density at radius 1 is 1.32 bits per heavy atom. The molecule has 0 amide bonds. The van der Waals surface area contributed by atoms with Gasteiger partial charge in [-0.1, -0.05) is 0 Å². The SMILES string of the molecule is CO[C@@]1(COc2ccc(F)cc2)CCN(Cc2ccn[nH]2)C1. The number of hydrogen-bond donors (Lipinski definition) is 1. The van der Waals surface area contributed by atoms with Crippen LogP contribution in [0, 0.1) is 5.82 Å². The van der Waals surface area contributed by atoms with Crippen LogP contribution in [0.4, 0.5) is 4.39 Å². The number of hydrogen-bond acceptors (Lipinski definition) is 4. The second-order valence-electron chi connectivity index (χ2n) is 5.67. The van der Waals surface area contributed by atoms with E-state index >= 15 is 0 Å². The summed E-state index contributed by atoms with van der Waals surface area (Å²) in [4.78, 5) is 2.31. The summed E-state index contributed by atoms with van der Waals surface area (Å²) in [7, 11) is 1.72. The van der Waals surface area contributed by atoms with E-state index < -0.39 is 0 Å². The van der Waals surface area contributed by atoms with Gasteiger partial charge in [-0.2, -0.15) is 5.10 Å². The number of halogens is 1. The molecule has 0 aliphatic carbocycles. The van der Waals surface area contributed by atoms with Crippen LogP contribution in [0.3, 0.4) is 0 Å². The summed E-state index contributed by atoms with van der Waals surface area (Å²) in [5.41, 5.74) is 0.764. The van der Waals surface area contributed by atoms with Crippen molar-refractivity contribution in [2.45, 2.75) is 18.6 Å². The normalized spacial score (nSPS) is 22.1. The van der Waals surface area contributed by atoms with Crippen LogP contribution in [0.1, 0.15) is 12.1 Å². The van der Waals surface area contributed by atoms with Gasteiger partial charge < -0.3 is 9.47 Å². The molecule has 1 fully saturated rings. The van der Waals surface area contributed by atoms with Crippen LogP contribution in [0.2, 0.25) is 0 Å². The van der Waals surface area contributed by atoms with E-state index in [0.717, 1.165) is 31.7 Å². The molecule has 1 aromatic heterocycles. The minimum absolute atomic E-state index is 0.264. The molecule has 2 heterocycles. The molecule has 1 N–H and O–H groups in total. The molecule has 0 bridgehead atoms. The molecule has 5 nitrogen and oxygen atoms in total. The van der Waals surface area contributed by atoms with Gasteiger partial charge in [0.15, 0.2) is 0 Å². The first kappa shape index (κ1) is 15.0. The van der Waals surface area contributed by atoms with Crippen molar-refractivity contribution in [1.29, 1.82) is 0 Å². The fraction of sp³-hybridized carbons (Fsp3) is 0.438. The van der Waals surface area contributed by atoms with Gasteiger partial charge >= 0.3 is 0 Å². The third-order valence-electron chi connectivity index (χ3n) is 4.10. The molecule has 1 aromatic carbocycles.